The van der Waals surface area contributed by atoms with Gasteiger partial charge in [-0.1, -0.05) is 61.6 Å². The molecule has 6 nitrogen and oxygen atoms in total. The highest BCUT2D eigenvalue weighted by atomic mass is 35.5. The molecule has 1 saturated heterocycles. The first-order chi connectivity index (χ1) is 15.6. The molecule has 1 amide bonds. The summed E-state index contributed by atoms with van der Waals surface area (Å²) in [7, 11) is 0. The first kappa shape index (κ1) is 25.2. The molecule has 0 bridgehead atoms. The zero-order chi connectivity index (χ0) is 24.3. The van der Waals surface area contributed by atoms with E-state index in [2.05, 4.69) is 4.98 Å². The van der Waals surface area contributed by atoms with E-state index < -0.39 is 17.9 Å². The minimum atomic E-state index is -1.06. The number of pyridine rings is 1. The van der Waals surface area contributed by atoms with Gasteiger partial charge in [0.05, 0.1) is 21.7 Å². The number of benzene rings is 1. The van der Waals surface area contributed by atoms with Crippen LogP contribution in [0.4, 0.5) is 0 Å². The van der Waals surface area contributed by atoms with Crippen molar-refractivity contribution in [1.82, 2.24) is 9.88 Å². The Hall–Kier alpha value is -2.42. The van der Waals surface area contributed by atoms with Gasteiger partial charge in [-0.15, -0.1) is 0 Å². The van der Waals surface area contributed by atoms with Crippen molar-refractivity contribution in [2.24, 2.45) is 5.92 Å². The van der Waals surface area contributed by atoms with Gasteiger partial charge in [-0.3, -0.25) is 14.7 Å². The first-order valence-electron chi connectivity index (χ1n) is 10.5. The highest BCUT2D eigenvalue weighted by Crippen LogP contribution is 2.35. The predicted molar refractivity (Wildman–Crippen MR) is 136 cm³/mol. The fourth-order valence-electron chi connectivity index (χ4n) is 3.34. The van der Waals surface area contributed by atoms with Gasteiger partial charge in [0.2, 0.25) is 0 Å². The number of carboxylic acids is 1. The number of hydrogen-bond donors (Lipinski definition) is 1. The van der Waals surface area contributed by atoms with Crippen LogP contribution in [0.3, 0.4) is 0 Å². The predicted octanol–water partition coefficient (Wildman–Crippen LogP) is 5.89. The molecule has 1 fully saturated rings. The molecule has 9 heteroatoms. The number of amides is 1. The van der Waals surface area contributed by atoms with Gasteiger partial charge >= 0.3 is 5.97 Å². The summed E-state index contributed by atoms with van der Waals surface area (Å²) in [5, 5.41) is 10.1. The van der Waals surface area contributed by atoms with E-state index >= 15 is 0 Å². The molecule has 3 rings (SSSR count). The largest absolute Gasteiger partial charge is 0.489 e. The van der Waals surface area contributed by atoms with E-state index in [0.717, 1.165) is 22.9 Å². The van der Waals surface area contributed by atoms with Crippen LogP contribution in [0.25, 0.3) is 17.2 Å². The normalized spacial score (nSPS) is 16.2. The van der Waals surface area contributed by atoms with E-state index in [0.29, 0.717) is 27.8 Å². The molecular formula is C24H25ClN2O4S2. The summed E-state index contributed by atoms with van der Waals surface area (Å²) in [6, 6.07) is 8.25. The van der Waals surface area contributed by atoms with Crippen molar-refractivity contribution >= 4 is 57.9 Å². The van der Waals surface area contributed by atoms with E-state index in [4.69, 9.17) is 28.6 Å². The Morgan fingerprint density at radius 2 is 1.94 bits per heavy atom. The van der Waals surface area contributed by atoms with Crippen molar-refractivity contribution in [2.45, 2.75) is 46.3 Å². The number of ether oxygens (including phenoxy) is 1. The maximum Gasteiger partial charge on any atom is 0.326 e. The molecule has 1 aromatic heterocycles. The fourth-order valence-corrected chi connectivity index (χ4v) is 4.90. The summed E-state index contributed by atoms with van der Waals surface area (Å²) in [5.74, 6) is -0.740. The Balaban J connectivity index is 1.80. The third-order valence-corrected chi connectivity index (χ3v) is 6.43. The number of carbonyl (C=O) groups excluding carboxylic acids is 1. The molecule has 0 aliphatic carbocycles. The quantitative estimate of drug-likeness (QED) is 0.354. The lowest BCUT2D eigenvalue weighted by Crippen LogP contribution is -2.44. The average Bonchev–Trinajstić information content (AvgIpc) is 3.00. The molecule has 1 N–H and O–H groups in total. The molecule has 1 atom stereocenters. The molecule has 1 aliphatic heterocycles. The first-order valence-corrected chi connectivity index (χ1v) is 12.1. The summed E-state index contributed by atoms with van der Waals surface area (Å²) in [6.45, 7) is 7.69. The zero-order valence-electron chi connectivity index (χ0n) is 18.7. The molecule has 0 unspecified atom stereocenters. The third kappa shape index (κ3) is 6.13. The lowest BCUT2D eigenvalue weighted by molar-refractivity contribution is -0.145. The zero-order valence-corrected chi connectivity index (χ0v) is 21.1. The number of aromatic nitrogens is 1. The maximum atomic E-state index is 12.9. The minimum absolute atomic E-state index is 0.0264. The van der Waals surface area contributed by atoms with Crippen LogP contribution in [-0.2, 0) is 9.59 Å². The molecule has 174 valence electrons. The van der Waals surface area contributed by atoms with E-state index in [-0.39, 0.29) is 16.3 Å². The van der Waals surface area contributed by atoms with Crippen LogP contribution in [0, 0.1) is 5.92 Å². The number of aliphatic carboxylic acids is 1. The lowest BCUT2D eigenvalue weighted by atomic mass is 10.0. The SMILES string of the molecule is CC(C)C[C@@H](C(=O)O)N1C(=O)/C(=C/c2ccc(-c3ccc(OC(C)C)c(Cl)c3)cn2)SC1=S. The Morgan fingerprint density at radius 1 is 1.24 bits per heavy atom. The number of thioether (sulfide) groups is 1. The molecule has 0 radical (unpaired) electrons. The summed E-state index contributed by atoms with van der Waals surface area (Å²) in [6.07, 6.45) is 3.67. The van der Waals surface area contributed by atoms with Crippen molar-refractivity contribution in [3.05, 3.63) is 52.2 Å². The number of hydrogen-bond acceptors (Lipinski definition) is 6. The van der Waals surface area contributed by atoms with Crippen LogP contribution in [0.5, 0.6) is 5.75 Å². The van der Waals surface area contributed by atoms with E-state index in [1.54, 1.807) is 18.3 Å². The van der Waals surface area contributed by atoms with Crippen LogP contribution in [0.1, 0.15) is 39.8 Å². The van der Waals surface area contributed by atoms with Crippen LogP contribution in [0.15, 0.2) is 41.4 Å². The molecule has 1 aliphatic rings. The highest BCUT2D eigenvalue weighted by molar-refractivity contribution is 8.26. The van der Waals surface area contributed by atoms with Crippen LogP contribution in [0.2, 0.25) is 5.02 Å². The van der Waals surface area contributed by atoms with Crippen molar-refractivity contribution in [1.29, 1.82) is 0 Å². The summed E-state index contributed by atoms with van der Waals surface area (Å²) in [4.78, 5) is 30.6. The monoisotopic (exact) mass is 504 g/mol. The Kier molecular flexibility index (Phi) is 8.15. The topological polar surface area (TPSA) is 79.7 Å². The van der Waals surface area contributed by atoms with Gasteiger partial charge < -0.3 is 9.84 Å². The summed E-state index contributed by atoms with van der Waals surface area (Å²) >= 11 is 12.7. The molecule has 0 saturated carbocycles. The molecule has 0 spiro atoms. The second-order valence-electron chi connectivity index (χ2n) is 8.32. The van der Waals surface area contributed by atoms with E-state index in [1.807, 2.05) is 52.0 Å². The average molecular weight is 505 g/mol. The Morgan fingerprint density at radius 3 is 2.48 bits per heavy atom. The second kappa shape index (κ2) is 10.7. The molecular weight excluding hydrogens is 480 g/mol. The number of nitrogens with zero attached hydrogens (tertiary/aromatic N) is 2. The van der Waals surface area contributed by atoms with Crippen molar-refractivity contribution in [3.8, 4) is 16.9 Å². The molecule has 1 aromatic carbocycles. The van der Waals surface area contributed by atoms with Crippen molar-refractivity contribution in [2.75, 3.05) is 0 Å². The Labute approximate surface area is 208 Å². The number of carboxylic acid groups (broad SMARTS) is 1. The number of halogens is 1. The van der Waals surface area contributed by atoms with Gasteiger partial charge in [-0.2, -0.15) is 0 Å². The molecule has 2 aromatic rings. The maximum absolute atomic E-state index is 12.9. The van der Waals surface area contributed by atoms with Crippen LogP contribution < -0.4 is 4.74 Å². The second-order valence-corrected chi connectivity index (χ2v) is 10.4. The highest BCUT2D eigenvalue weighted by Gasteiger charge is 2.40. The summed E-state index contributed by atoms with van der Waals surface area (Å²) in [5.41, 5.74) is 2.32. The third-order valence-electron chi connectivity index (χ3n) is 4.81. The van der Waals surface area contributed by atoms with Gasteiger partial charge in [-0.25, -0.2) is 4.79 Å². The van der Waals surface area contributed by atoms with Gasteiger partial charge in [0, 0.05) is 11.8 Å². The van der Waals surface area contributed by atoms with Crippen LogP contribution in [-0.4, -0.2) is 43.3 Å². The van der Waals surface area contributed by atoms with E-state index in [9.17, 15) is 14.7 Å². The number of carbonyl (C=O) groups is 2. The van der Waals surface area contributed by atoms with Gasteiger partial charge in [0.25, 0.3) is 5.91 Å². The van der Waals surface area contributed by atoms with Gasteiger partial charge in [0.15, 0.2) is 0 Å². The fraction of sp³-hybridized carbons (Fsp3) is 0.333. The number of rotatable bonds is 8. The smallest absolute Gasteiger partial charge is 0.326 e. The van der Waals surface area contributed by atoms with Gasteiger partial charge in [0.1, 0.15) is 16.1 Å². The van der Waals surface area contributed by atoms with Gasteiger partial charge in [-0.05, 0) is 56.0 Å². The van der Waals surface area contributed by atoms with Crippen molar-refractivity contribution < 1.29 is 19.4 Å². The van der Waals surface area contributed by atoms with E-state index in [1.165, 1.54) is 4.90 Å². The van der Waals surface area contributed by atoms with Crippen LogP contribution >= 0.6 is 35.6 Å². The lowest BCUT2D eigenvalue weighted by Gasteiger charge is -2.24. The number of thiocarbonyl (C=S) groups is 1. The summed E-state index contributed by atoms with van der Waals surface area (Å²) < 4.78 is 5.91. The minimum Gasteiger partial charge on any atom is -0.489 e. The van der Waals surface area contributed by atoms with Crippen molar-refractivity contribution in [3.63, 3.8) is 0 Å². The molecule has 2 heterocycles. The molecule has 33 heavy (non-hydrogen) atoms. The standard InChI is InChI=1S/C24H25ClN2O4S2/c1-13(2)9-19(23(29)30)27-22(28)21(33-24(27)32)11-17-7-5-16(12-26-17)15-6-8-20(18(25)10-15)31-14(3)4/h5-8,10-14,19H,9H2,1-4H3,(H,29,30)/b21-11-/t19-/m0/s1. The Bertz CT molecular complexity index is 1100.